The first kappa shape index (κ1) is 19.6. The van der Waals surface area contributed by atoms with E-state index in [1.807, 2.05) is 0 Å². The van der Waals surface area contributed by atoms with Gasteiger partial charge in [-0.1, -0.05) is 11.6 Å². The molecule has 1 atom stereocenters. The van der Waals surface area contributed by atoms with Crippen molar-refractivity contribution in [3.8, 4) is 5.75 Å². The highest BCUT2D eigenvalue weighted by molar-refractivity contribution is 6.33. The van der Waals surface area contributed by atoms with E-state index in [2.05, 4.69) is 21.3 Å². The maximum Gasteiger partial charge on any atom is 0.319 e. The third-order valence-corrected chi connectivity index (χ3v) is 3.96. The Hall–Kier alpha value is -1.74. The number of ether oxygens (including phenoxy) is 2. The zero-order valence-electron chi connectivity index (χ0n) is 13.4. The Morgan fingerprint density at radius 3 is 3.08 bits per heavy atom. The van der Waals surface area contributed by atoms with Crippen molar-refractivity contribution in [3.05, 3.63) is 17.2 Å². The van der Waals surface area contributed by atoms with Crippen LogP contribution in [0.2, 0.25) is 5.02 Å². The van der Waals surface area contributed by atoms with Crippen LogP contribution in [0.15, 0.2) is 12.1 Å². The lowest BCUT2D eigenvalue weighted by atomic mass is 10.1. The molecule has 1 fully saturated rings. The molecule has 1 unspecified atom stereocenters. The van der Waals surface area contributed by atoms with Gasteiger partial charge >= 0.3 is 6.03 Å². The fourth-order valence-electron chi connectivity index (χ4n) is 2.53. The second-order valence-electron chi connectivity index (χ2n) is 5.65. The zero-order valence-corrected chi connectivity index (χ0v) is 15.0. The predicted octanol–water partition coefficient (Wildman–Crippen LogP) is 1.45. The van der Waals surface area contributed by atoms with Crippen LogP contribution >= 0.6 is 24.0 Å². The van der Waals surface area contributed by atoms with E-state index in [1.54, 1.807) is 12.1 Å². The third kappa shape index (κ3) is 5.37. The summed E-state index contributed by atoms with van der Waals surface area (Å²) in [5.74, 6) is 0.364. The van der Waals surface area contributed by atoms with Gasteiger partial charge in [-0.25, -0.2) is 4.79 Å². The maximum atomic E-state index is 12.0. The first-order valence-corrected chi connectivity index (χ1v) is 8.09. The van der Waals surface area contributed by atoms with Crippen molar-refractivity contribution in [1.82, 2.24) is 10.6 Å². The van der Waals surface area contributed by atoms with Crippen molar-refractivity contribution in [2.24, 2.45) is 5.92 Å². The minimum Gasteiger partial charge on any atom is -0.480 e. The fourth-order valence-corrected chi connectivity index (χ4v) is 2.81. The second kappa shape index (κ2) is 9.10. The van der Waals surface area contributed by atoms with Gasteiger partial charge in [0.05, 0.1) is 23.9 Å². The van der Waals surface area contributed by atoms with Crippen LogP contribution in [-0.2, 0) is 9.53 Å². The molecule has 25 heavy (non-hydrogen) atoms. The average Bonchev–Trinajstić information content (AvgIpc) is 2.81. The Kier molecular flexibility index (Phi) is 7.12. The first-order chi connectivity index (χ1) is 11.6. The van der Waals surface area contributed by atoms with Gasteiger partial charge in [0.2, 0.25) is 0 Å². The zero-order chi connectivity index (χ0) is 16.9. The molecule has 2 heterocycles. The monoisotopic (exact) mass is 390 g/mol. The number of carbonyl (C=O) groups is 2. The number of urea groups is 1. The van der Waals surface area contributed by atoms with Gasteiger partial charge in [-0.15, -0.1) is 12.4 Å². The van der Waals surface area contributed by atoms with Crippen LogP contribution in [0.1, 0.15) is 0 Å². The fraction of sp³-hybridized carbons (Fsp3) is 0.467. The Balaban J connectivity index is 0.00000225. The number of nitrogens with one attached hydrogen (secondary N) is 4. The van der Waals surface area contributed by atoms with E-state index in [1.165, 1.54) is 0 Å². The normalized spacial score (nSPS) is 19.4. The number of hydrogen-bond donors (Lipinski definition) is 4. The molecule has 1 saturated heterocycles. The van der Waals surface area contributed by atoms with Gasteiger partial charge in [0.1, 0.15) is 0 Å². The average molecular weight is 391 g/mol. The molecule has 2 aliphatic rings. The van der Waals surface area contributed by atoms with Crippen molar-refractivity contribution in [1.29, 1.82) is 0 Å². The minimum atomic E-state index is -0.349. The van der Waals surface area contributed by atoms with E-state index >= 15 is 0 Å². The number of amides is 3. The van der Waals surface area contributed by atoms with E-state index in [9.17, 15) is 9.59 Å². The Morgan fingerprint density at radius 2 is 2.24 bits per heavy atom. The highest BCUT2D eigenvalue weighted by Crippen LogP contribution is 2.38. The summed E-state index contributed by atoms with van der Waals surface area (Å²) >= 11 is 6.12. The molecule has 10 heteroatoms. The molecule has 138 valence electrons. The Labute approximate surface area is 156 Å². The quantitative estimate of drug-likeness (QED) is 0.625. The minimum absolute atomic E-state index is 0. The summed E-state index contributed by atoms with van der Waals surface area (Å²) in [6.07, 6.45) is 0. The maximum absolute atomic E-state index is 12.0. The standard InChI is InChI=1S/C15H19ClN4O4.ClH/c16-11-3-10(4-12-14(11)24-8-13(21)20-12)19-15(22)18-6-9-5-17-1-2-23-7-9;/h3-4,9,17H,1-2,5-8H2,(H,20,21)(H2,18,19,22);1H. The van der Waals surface area contributed by atoms with Gasteiger partial charge in [0.25, 0.3) is 5.91 Å². The summed E-state index contributed by atoms with van der Waals surface area (Å²) < 4.78 is 10.7. The van der Waals surface area contributed by atoms with Crippen molar-refractivity contribution < 1.29 is 19.1 Å². The van der Waals surface area contributed by atoms with E-state index in [4.69, 9.17) is 21.1 Å². The van der Waals surface area contributed by atoms with Gasteiger partial charge in [-0.05, 0) is 12.1 Å². The SMILES string of the molecule is Cl.O=C1COc2c(Cl)cc(NC(=O)NCC3CNCCOC3)cc2N1. The van der Waals surface area contributed by atoms with E-state index in [-0.39, 0.29) is 36.9 Å². The molecular formula is C15H20Cl2N4O4. The molecular weight excluding hydrogens is 371 g/mol. The van der Waals surface area contributed by atoms with E-state index in [0.29, 0.717) is 41.9 Å². The molecule has 0 aliphatic carbocycles. The number of anilines is 2. The molecule has 0 spiro atoms. The van der Waals surface area contributed by atoms with Crippen molar-refractivity contribution in [2.45, 2.75) is 0 Å². The van der Waals surface area contributed by atoms with Crippen molar-refractivity contribution in [2.75, 3.05) is 50.1 Å². The molecule has 0 aromatic heterocycles. The molecule has 3 amide bonds. The van der Waals surface area contributed by atoms with Crippen LogP contribution in [0, 0.1) is 5.92 Å². The van der Waals surface area contributed by atoms with E-state index in [0.717, 1.165) is 13.1 Å². The molecule has 3 rings (SSSR count). The summed E-state index contributed by atoms with van der Waals surface area (Å²) in [6, 6.07) is 2.83. The molecule has 2 aliphatic heterocycles. The summed E-state index contributed by atoms with van der Waals surface area (Å²) in [4.78, 5) is 23.4. The number of halogens is 2. The topological polar surface area (TPSA) is 101 Å². The largest absolute Gasteiger partial charge is 0.480 e. The summed E-state index contributed by atoms with van der Waals surface area (Å²) in [5.41, 5.74) is 0.910. The van der Waals surface area contributed by atoms with Crippen molar-refractivity contribution in [3.63, 3.8) is 0 Å². The highest BCUT2D eigenvalue weighted by atomic mass is 35.5. The summed E-state index contributed by atoms with van der Waals surface area (Å²) in [5, 5.41) is 11.7. The first-order valence-electron chi connectivity index (χ1n) is 7.71. The molecule has 0 saturated carbocycles. The Morgan fingerprint density at radius 1 is 1.40 bits per heavy atom. The Bertz CT molecular complexity index is 636. The number of rotatable bonds is 3. The number of fused-ring (bicyclic) bond motifs is 1. The smallest absolute Gasteiger partial charge is 0.319 e. The predicted molar refractivity (Wildman–Crippen MR) is 97.0 cm³/mol. The molecule has 1 aromatic carbocycles. The molecule has 0 bridgehead atoms. The lowest BCUT2D eigenvalue weighted by molar-refractivity contribution is -0.118. The van der Waals surface area contributed by atoms with Crippen LogP contribution in [0.5, 0.6) is 5.75 Å². The van der Waals surface area contributed by atoms with Crippen LogP contribution in [0.25, 0.3) is 0 Å². The summed E-state index contributed by atoms with van der Waals surface area (Å²) in [7, 11) is 0. The molecule has 1 aromatic rings. The van der Waals surface area contributed by atoms with Crippen LogP contribution in [0.4, 0.5) is 16.2 Å². The number of carbonyl (C=O) groups excluding carboxylic acids is 2. The van der Waals surface area contributed by atoms with Gasteiger partial charge in [0.15, 0.2) is 12.4 Å². The second-order valence-corrected chi connectivity index (χ2v) is 6.06. The van der Waals surface area contributed by atoms with Crippen LogP contribution in [-0.4, -0.2) is 51.4 Å². The molecule has 4 N–H and O–H groups in total. The van der Waals surface area contributed by atoms with Crippen LogP contribution in [0.3, 0.4) is 0 Å². The van der Waals surface area contributed by atoms with Gasteiger partial charge in [0, 0.05) is 31.2 Å². The van der Waals surface area contributed by atoms with Gasteiger partial charge in [-0.3, -0.25) is 4.79 Å². The molecule has 0 radical (unpaired) electrons. The lowest BCUT2D eigenvalue weighted by Gasteiger charge is -2.20. The van der Waals surface area contributed by atoms with Crippen molar-refractivity contribution >= 4 is 47.3 Å². The number of hydrogen-bond acceptors (Lipinski definition) is 5. The number of benzene rings is 1. The molecule has 8 nitrogen and oxygen atoms in total. The lowest BCUT2D eigenvalue weighted by Crippen LogP contribution is -2.37. The van der Waals surface area contributed by atoms with Gasteiger partial charge in [-0.2, -0.15) is 0 Å². The third-order valence-electron chi connectivity index (χ3n) is 3.68. The van der Waals surface area contributed by atoms with Gasteiger partial charge < -0.3 is 30.7 Å². The van der Waals surface area contributed by atoms with Crippen LogP contribution < -0.4 is 26.0 Å². The van der Waals surface area contributed by atoms with E-state index < -0.39 is 0 Å². The summed E-state index contributed by atoms with van der Waals surface area (Å²) in [6.45, 7) is 3.35. The highest BCUT2D eigenvalue weighted by Gasteiger charge is 2.20.